The Morgan fingerprint density at radius 3 is 2.68 bits per heavy atom. The van der Waals surface area contributed by atoms with E-state index in [1.165, 1.54) is 12.1 Å². The fraction of sp³-hybridized carbons (Fsp3) is 0.364. The third-order valence-corrected chi connectivity index (χ3v) is 4.37. The molecule has 0 saturated heterocycles. The molecule has 0 heterocycles. The van der Waals surface area contributed by atoms with Gasteiger partial charge in [0.25, 0.3) is 5.91 Å². The Balaban J connectivity index is 2.54. The van der Waals surface area contributed by atoms with Crippen LogP contribution in [0.15, 0.2) is 22.7 Å². The molecule has 106 valence electrons. The van der Waals surface area contributed by atoms with Crippen molar-refractivity contribution in [3.8, 4) is 5.75 Å². The predicted octanol–water partition coefficient (Wildman–Crippen LogP) is 0.824. The molecule has 0 aliphatic heterocycles. The Bertz CT molecular complexity index is 560. The molecule has 6 nitrogen and oxygen atoms in total. The molecule has 1 aromatic rings. The van der Waals surface area contributed by atoms with E-state index in [1.807, 2.05) is 0 Å². The van der Waals surface area contributed by atoms with E-state index >= 15 is 0 Å². The van der Waals surface area contributed by atoms with Crippen LogP contribution in [0.4, 0.5) is 0 Å². The molecule has 0 spiro atoms. The zero-order valence-corrected chi connectivity index (χ0v) is 12.7. The number of carbonyl (C=O) groups is 1. The van der Waals surface area contributed by atoms with Crippen molar-refractivity contribution in [3.05, 3.63) is 28.2 Å². The molecule has 0 atom stereocenters. The molecular weight excluding hydrogens is 336 g/mol. The lowest BCUT2D eigenvalue weighted by Crippen LogP contribution is -2.34. The van der Waals surface area contributed by atoms with Gasteiger partial charge in [-0.3, -0.25) is 4.79 Å². The molecule has 1 aromatic carbocycles. The monoisotopic (exact) mass is 350 g/mol. The molecule has 0 saturated carbocycles. The largest absolute Gasteiger partial charge is 0.507 e. The van der Waals surface area contributed by atoms with Crippen LogP contribution in [0, 0.1) is 0 Å². The van der Waals surface area contributed by atoms with E-state index in [4.69, 9.17) is 0 Å². The quantitative estimate of drug-likeness (QED) is 0.707. The van der Waals surface area contributed by atoms with Crippen molar-refractivity contribution in [2.75, 3.05) is 18.8 Å². The van der Waals surface area contributed by atoms with Crippen LogP contribution in [0.1, 0.15) is 17.3 Å². The minimum Gasteiger partial charge on any atom is -0.507 e. The minimum atomic E-state index is -3.35. The predicted molar refractivity (Wildman–Crippen MR) is 75.6 cm³/mol. The lowest BCUT2D eigenvalue weighted by Gasteiger charge is -2.07. The molecule has 0 radical (unpaired) electrons. The Labute approximate surface area is 120 Å². The molecular formula is C11H15BrN2O4S. The normalized spacial score (nSPS) is 11.3. The van der Waals surface area contributed by atoms with E-state index in [-0.39, 0.29) is 23.6 Å². The Morgan fingerprint density at radius 1 is 1.42 bits per heavy atom. The van der Waals surface area contributed by atoms with Crippen molar-refractivity contribution in [3.63, 3.8) is 0 Å². The third kappa shape index (κ3) is 5.17. The van der Waals surface area contributed by atoms with E-state index in [0.29, 0.717) is 11.0 Å². The molecule has 1 rings (SSSR count). The summed E-state index contributed by atoms with van der Waals surface area (Å²) in [5.41, 5.74) is 0.265. The van der Waals surface area contributed by atoms with Crippen molar-refractivity contribution in [1.29, 1.82) is 0 Å². The van der Waals surface area contributed by atoms with E-state index in [9.17, 15) is 18.3 Å². The summed E-state index contributed by atoms with van der Waals surface area (Å²) < 4.78 is 25.5. The first-order chi connectivity index (χ1) is 8.85. The van der Waals surface area contributed by atoms with E-state index < -0.39 is 15.9 Å². The molecule has 0 unspecified atom stereocenters. The number of hydrogen-bond acceptors (Lipinski definition) is 4. The standard InChI is InChI=1S/C11H15BrN2O4S/c1-2-14-19(17,18)6-5-13-11(16)8-3-4-9(12)10(15)7-8/h3-4,7,14-15H,2,5-6H2,1H3,(H,13,16). The van der Waals surface area contributed by atoms with Crippen molar-refractivity contribution in [2.24, 2.45) is 0 Å². The van der Waals surface area contributed by atoms with Crippen LogP contribution in [0.2, 0.25) is 0 Å². The summed E-state index contributed by atoms with van der Waals surface area (Å²) >= 11 is 3.11. The molecule has 0 aromatic heterocycles. The second-order valence-electron chi connectivity index (χ2n) is 3.74. The highest BCUT2D eigenvalue weighted by Gasteiger charge is 2.11. The van der Waals surface area contributed by atoms with Gasteiger partial charge in [0.15, 0.2) is 0 Å². The number of rotatable bonds is 6. The molecule has 0 aliphatic rings. The highest BCUT2D eigenvalue weighted by Crippen LogP contribution is 2.24. The summed E-state index contributed by atoms with van der Waals surface area (Å²) in [5.74, 6) is -0.669. The van der Waals surface area contributed by atoms with Gasteiger partial charge in [-0.1, -0.05) is 6.92 Å². The summed E-state index contributed by atoms with van der Waals surface area (Å²) in [6, 6.07) is 4.37. The fourth-order valence-electron chi connectivity index (χ4n) is 1.35. The van der Waals surface area contributed by atoms with Crippen molar-refractivity contribution >= 4 is 31.9 Å². The number of aromatic hydroxyl groups is 1. The van der Waals surface area contributed by atoms with Gasteiger partial charge in [0, 0.05) is 18.7 Å². The van der Waals surface area contributed by atoms with Gasteiger partial charge in [0.1, 0.15) is 5.75 Å². The lowest BCUT2D eigenvalue weighted by molar-refractivity contribution is 0.0955. The Morgan fingerprint density at radius 2 is 2.11 bits per heavy atom. The number of hydrogen-bond donors (Lipinski definition) is 3. The van der Waals surface area contributed by atoms with Gasteiger partial charge in [-0.15, -0.1) is 0 Å². The first-order valence-corrected chi connectivity index (χ1v) is 8.04. The second-order valence-corrected chi connectivity index (χ2v) is 6.52. The molecule has 1 amide bonds. The van der Waals surface area contributed by atoms with Crippen LogP contribution < -0.4 is 10.0 Å². The maximum atomic E-state index is 11.7. The zero-order valence-electron chi connectivity index (χ0n) is 10.3. The van der Waals surface area contributed by atoms with E-state index in [0.717, 1.165) is 0 Å². The number of amides is 1. The van der Waals surface area contributed by atoms with Gasteiger partial charge >= 0.3 is 0 Å². The second kappa shape index (κ2) is 6.88. The van der Waals surface area contributed by atoms with Gasteiger partial charge in [0.2, 0.25) is 10.0 Å². The number of nitrogens with one attached hydrogen (secondary N) is 2. The number of halogens is 1. The van der Waals surface area contributed by atoms with Crippen LogP contribution in [0.5, 0.6) is 5.75 Å². The number of benzene rings is 1. The highest BCUT2D eigenvalue weighted by molar-refractivity contribution is 9.10. The van der Waals surface area contributed by atoms with Crippen molar-refractivity contribution < 1.29 is 18.3 Å². The summed E-state index contributed by atoms with van der Waals surface area (Å²) in [5, 5.41) is 11.9. The zero-order chi connectivity index (χ0) is 14.5. The first kappa shape index (κ1) is 15.9. The minimum absolute atomic E-state index is 0.00495. The summed E-state index contributed by atoms with van der Waals surface area (Å²) in [6.45, 7) is 2.00. The van der Waals surface area contributed by atoms with E-state index in [1.54, 1.807) is 13.0 Å². The fourth-order valence-corrected chi connectivity index (χ4v) is 2.55. The van der Waals surface area contributed by atoms with Gasteiger partial charge in [0.05, 0.1) is 10.2 Å². The lowest BCUT2D eigenvalue weighted by atomic mass is 10.2. The SMILES string of the molecule is CCNS(=O)(=O)CCNC(=O)c1ccc(Br)c(O)c1. The first-order valence-electron chi connectivity index (χ1n) is 5.60. The number of carbonyl (C=O) groups excluding carboxylic acids is 1. The highest BCUT2D eigenvalue weighted by atomic mass is 79.9. The Hall–Kier alpha value is -1.12. The Kier molecular flexibility index (Phi) is 5.77. The van der Waals surface area contributed by atoms with Crippen LogP contribution in [-0.4, -0.2) is 38.3 Å². The molecule has 0 fully saturated rings. The summed E-state index contributed by atoms with van der Waals surface area (Å²) in [6.07, 6.45) is 0. The van der Waals surface area contributed by atoms with Crippen molar-refractivity contribution in [2.45, 2.75) is 6.92 Å². The maximum absolute atomic E-state index is 11.7. The molecule has 0 aliphatic carbocycles. The molecule has 0 bridgehead atoms. The van der Waals surface area contributed by atoms with Gasteiger partial charge in [-0.25, -0.2) is 13.1 Å². The average molecular weight is 351 g/mol. The number of sulfonamides is 1. The number of phenols is 1. The molecule has 3 N–H and O–H groups in total. The summed E-state index contributed by atoms with van der Waals surface area (Å²) in [4.78, 5) is 11.7. The van der Waals surface area contributed by atoms with Crippen LogP contribution >= 0.6 is 15.9 Å². The average Bonchev–Trinajstić information content (AvgIpc) is 2.32. The van der Waals surface area contributed by atoms with Crippen LogP contribution in [0.3, 0.4) is 0 Å². The molecule has 8 heteroatoms. The third-order valence-electron chi connectivity index (χ3n) is 2.23. The topological polar surface area (TPSA) is 95.5 Å². The van der Waals surface area contributed by atoms with Crippen LogP contribution in [0.25, 0.3) is 0 Å². The van der Waals surface area contributed by atoms with Gasteiger partial charge in [-0.2, -0.15) is 0 Å². The molecule has 19 heavy (non-hydrogen) atoms. The van der Waals surface area contributed by atoms with Crippen molar-refractivity contribution in [1.82, 2.24) is 10.0 Å². The smallest absolute Gasteiger partial charge is 0.251 e. The summed E-state index contributed by atoms with van der Waals surface area (Å²) in [7, 11) is -3.35. The van der Waals surface area contributed by atoms with Gasteiger partial charge in [-0.05, 0) is 34.1 Å². The van der Waals surface area contributed by atoms with E-state index in [2.05, 4.69) is 26.0 Å². The van der Waals surface area contributed by atoms with Crippen LogP contribution in [-0.2, 0) is 10.0 Å². The maximum Gasteiger partial charge on any atom is 0.251 e. The van der Waals surface area contributed by atoms with Gasteiger partial charge < -0.3 is 10.4 Å². The number of phenolic OH excluding ortho intramolecular Hbond substituents is 1.